The molecule has 1 aromatic rings. The number of aryl methyl sites for hydroxylation is 2. The summed E-state index contributed by atoms with van der Waals surface area (Å²) in [5.41, 5.74) is 2.42. The molecule has 4 nitrogen and oxygen atoms in total. The van der Waals surface area contributed by atoms with Crippen LogP contribution in [0.3, 0.4) is 0 Å². The van der Waals surface area contributed by atoms with E-state index in [2.05, 4.69) is 19.1 Å². The number of carboxylic acids is 1. The van der Waals surface area contributed by atoms with Crippen LogP contribution >= 0.6 is 0 Å². The van der Waals surface area contributed by atoms with E-state index in [0.29, 0.717) is 25.8 Å². The fourth-order valence-corrected chi connectivity index (χ4v) is 3.04. The lowest BCUT2D eigenvalue weighted by Crippen LogP contribution is -2.46. The van der Waals surface area contributed by atoms with Gasteiger partial charge < -0.3 is 10.0 Å². The second-order valence-electron chi connectivity index (χ2n) is 5.92. The summed E-state index contributed by atoms with van der Waals surface area (Å²) in [5.74, 6) is -0.913. The molecule has 1 aromatic carbocycles. The third kappa shape index (κ3) is 3.84. The van der Waals surface area contributed by atoms with E-state index in [1.165, 1.54) is 11.1 Å². The molecule has 0 radical (unpaired) electrons. The third-order valence-corrected chi connectivity index (χ3v) is 4.42. The van der Waals surface area contributed by atoms with Crippen LogP contribution in [0.25, 0.3) is 0 Å². The van der Waals surface area contributed by atoms with Crippen molar-refractivity contribution >= 4 is 11.9 Å². The molecule has 2 unspecified atom stereocenters. The van der Waals surface area contributed by atoms with Crippen LogP contribution in [0.1, 0.15) is 37.3 Å². The molecule has 1 heterocycles. The van der Waals surface area contributed by atoms with Crippen molar-refractivity contribution in [1.82, 2.24) is 4.90 Å². The Bertz CT molecular complexity index is 527. The van der Waals surface area contributed by atoms with E-state index >= 15 is 0 Å². The SMILES string of the molecule is Cc1ccccc1CCC(=O)N1CCC(C(=O)O)CC1C. The predicted octanol–water partition coefficient (Wildman–Crippen LogP) is 2.64. The first-order valence-corrected chi connectivity index (χ1v) is 7.56. The van der Waals surface area contributed by atoms with Crippen LogP contribution in [0.5, 0.6) is 0 Å². The quantitative estimate of drug-likeness (QED) is 0.927. The average Bonchev–Trinajstić information content (AvgIpc) is 2.46. The molecule has 2 rings (SSSR count). The molecule has 0 bridgehead atoms. The molecule has 1 N–H and O–H groups in total. The van der Waals surface area contributed by atoms with Gasteiger partial charge in [-0.15, -0.1) is 0 Å². The molecule has 4 heteroatoms. The lowest BCUT2D eigenvalue weighted by atomic mass is 9.91. The van der Waals surface area contributed by atoms with Crippen molar-refractivity contribution in [3.8, 4) is 0 Å². The first-order valence-electron chi connectivity index (χ1n) is 7.56. The first kappa shape index (κ1) is 15.5. The molecule has 0 aromatic heterocycles. The normalized spacial score (nSPS) is 22.1. The molecule has 1 saturated heterocycles. The Morgan fingerprint density at radius 3 is 2.67 bits per heavy atom. The van der Waals surface area contributed by atoms with Crippen LogP contribution in [0.2, 0.25) is 0 Å². The highest BCUT2D eigenvalue weighted by Gasteiger charge is 2.31. The molecule has 21 heavy (non-hydrogen) atoms. The van der Waals surface area contributed by atoms with Crippen molar-refractivity contribution in [1.29, 1.82) is 0 Å². The number of piperidine rings is 1. The van der Waals surface area contributed by atoms with Gasteiger partial charge in [0.1, 0.15) is 0 Å². The number of hydrogen-bond acceptors (Lipinski definition) is 2. The minimum atomic E-state index is -0.742. The highest BCUT2D eigenvalue weighted by Crippen LogP contribution is 2.24. The Balaban J connectivity index is 1.89. The molecule has 114 valence electrons. The van der Waals surface area contributed by atoms with E-state index in [4.69, 9.17) is 5.11 Å². The van der Waals surface area contributed by atoms with Crippen LogP contribution in [0.15, 0.2) is 24.3 Å². The lowest BCUT2D eigenvalue weighted by molar-refractivity contribution is -0.147. The van der Waals surface area contributed by atoms with Crippen molar-refractivity contribution in [3.63, 3.8) is 0 Å². The molecule has 1 aliphatic rings. The zero-order valence-corrected chi connectivity index (χ0v) is 12.7. The summed E-state index contributed by atoms with van der Waals surface area (Å²) in [6.45, 7) is 4.56. The summed E-state index contributed by atoms with van der Waals surface area (Å²) in [7, 11) is 0. The molecular formula is C17H23NO3. The number of carbonyl (C=O) groups excluding carboxylic acids is 1. The van der Waals surface area contributed by atoms with Crippen molar-refractivity contribution in [3.05, 3.63) is 35.4 Å². The number of likely N-dealkylation sites (tertiary alicyclic amines) is 1. The number of rotatable bonds is 4. The maximum Gasteiger partial charge on any atom is 0.306 e. The monoisotopic (exact) mass is 289 g/mol. The van der Waals surface area contributed by atoms with Crippen LogP contribution in [0, 0.1) is 12.8 Å². The number of nitrogens with zero attached hydrogens (tertiary/aromatic N) is 1. The van der Waals surface area contributed by atoms with E-state index in [0.717, 1.165) is 6.42 Å². The molecule has 1 fully saturated rings. The number of benzene rings is 1. The van der Waals surface area contributed by atoms with Gasteiger partial charge in [-0.05, 0) is 44.2 Å². The van der Waals surface area contributed by atoms with E-state index in [1.807, 2.05) is 24.0 Å². The molecule has 2 atom stereocenters. The lowest BCUT2D eigenvalue weighted by Gasteiger charge is -2.36. The van der Waals surface area contributed by atoms with Gasteiger partial charge in [0.25, 0.3) is 0 Å². The fraction of sp³-hybridized carbons (Fsp3) is 0.529. The van der Waals surface area contributed by atoms with E-state index in [-0.39, 0.29) is 17.9 Å². The Morgan fingerprint density at radius 1 is 1.33 bits per heavy atom. The minimum absolute atomic E-state index is 0.0178. The predicted molar refractivity (Wildman–Crippen MR) is 81.0 cm³/mol. The number of hydrogen-bond donors (Lipinski definition) is 1. The zero-order valence-electron chi connectivity index (χ0n) is 12.7. The molecule has 0 saturated carbocycles. The number of carboxylic acid groups (broad SMARTS) is 1. The summed E-state index contributed by atoms with van der Waals surface area (Å²) < 4.78 is 0. The number of carbonyl (C=O) groups is 2. The third-order valence-electron chi connectivity index (χ3n) is 4.42. The topological polar surface area (TPSA) is 57.6 Å². The second-order valence-corrected chi connectivity index (χ2v) is 5.92. The Kier molecular flexibility index (Phi) is 4.99. The summed E-state index contributed by atoms with van der Waals surface area (Å²) in [5, 5.41) is 9.06. The van der Waals surface area contributed by atoms with E-state index in [1.54, 1.807) is 0 Å². The molecule has 0 aliphatic carbocycles. The van der Waals surface area contributed by atoms with Crippen molar-refractivity contribution in [2.45, 2.75) is 45.6 Å². The van der Waals surface area contributed by atoms with Crippen molar-refractivity contribution < 1.29 is 14.7 Å². The molecular weight excluding hydrogens is 266 g/mol. The Hall–Kier alpha value is -1.84. The molecule has 1 aliphatic heterocycles. The Morgan fingerprint density at radius 2 is 2.05 bits per heavy atom. The van der Waals surface area contributed by atoms with Crippen LogP contribution in [0.4, 0.5) is 0 Å². The maximum atomic E-state index is 12.3. The van der Waals surface area contributed by atoms with Gasteiger partial charge in [-0.25, -0.2) is 0 Å². The van der Waals surface area contributed by atoms with E-state index in [9.17, 15) is 9.59 Å². The zero-order chi connectivity index (χ0) is 15.4. The minimum Gasteiger partial charge on any atom is -0.481 e. The van der Waals surface area contributed by atoms with Gasteiger partial charge in [0, 0.05) is 19.0 Å². The van der Waals surface area contributed by atoms with Gasteiger partial charge in [0.05, 0.1) is 5.92 Å². The standard InChI is InChI=1S/C17H23NO3/c1-12-5-3-4-6-14(12)7-8-16(19)18-10-9-15(17(20)21)11-13(18)2/h3-6,13,15H,7-11H2,1-2H3,(H,20,21). The smallest absolute Gasteiger partial charge is 0.306 e. The summed E-state index contributed by atoms with van der Waals surface area (Å²) in [6, 6.07) is 8.13. The van der Waals surface area contributed by atoms with E-state index < -0.39 is 5.97 Å². The van der Waals surface area contributed by atoms with Gasteiger partial charge in [-0.2, -0.15) is 0 Å². The molecule has 0 spiro atoms. The fourth-order valence-electron chi connectivity index (χ4n) is 3.04. The Labute approximate surface area is 125 Å². The van der Waals surface area contributed by atoms with Crippen molar-refractivity contribution in [2.75, 3.05) is 6.54 Å². The summed E-state index contributed by atoms with van der Waals surface area (Å²) in [4.78, 5) is 25.2. The number of amides is 1. The van der Waals surface area contributed by atoms with Gasteiger partial charge in [0.15, 0.2) is 0 Å². The highest BCUT2D eigenvalue weighted by atomic mass is 16.4. The average molecular weight is 289 g/mol. The van der Waals surface area contributed by atoms with Crippen molar-refractivity contribution in [2.24, 2.45) is 5.92 Å². The maximum absolute atomic E-state index is 12.3. The van der Waals surface area contributed by atoms with Gasteiger partial charge in [-0.1, -0.05) is 24.3 Å². The highest BCUT2D eigenvalue weighted by molar-refractivity contribution is 5.77. The van der Waals surface area contributed by atoms with Gasteiger partial charge in [-0.3, -0.25) is 9.59 Å². The van der Waals surface area contributed by atoms with Crippen LogP contribution in [-0.2, 0) is 16.0 Å². The first-order chi connectivity index (χ1) is 9.99. The summed E-state index contributed by atoms with van der Waals surface area (Å²) in [6.07, 6.45) is 2.37. The van der Waals surface area contributed by atoms with Crippen LogP contribution in [-0.4, -0.2) is 34.5 Å². The largest absolute Gasteiger partial charge is 0.481 e. The summed E-state index contributed by atoms with van der Waals surface area (Å²) >= 11 is 0. The van der Waals surface area contributed by atoms with Crippen LogP contribution < -0.4 is 0 Å². The van der Waals surface area contributed by atoms with Gasteiger partial charge in [0.2, 0.25) is 5.91 Å². The molecule has 1 amide bonds. The second kappa shape index (κ2) is 6.74. The number of aliphatic carboxylic acids is 1. The van der Waals surface area contributed by atoms with Gasteiger partial charge >= 0.3 is 5.97 Å².